The highest BCUT2D eigenvalue weighted by molar-refractivity contribution is 14.1. The minimum atomic E-state index is 0.168. The van der Waals surface area contributed by atoms with Crippen molar-refractivity contribution in [2.24, 2.45) is 5.92 Å². The molecule has 0 radical (unpaired) electrons. The van der Waals surface area contributed by atoms with E-state index in [1.54, 1.807) is 0 Å². The molecule has 0 aliphatic carbocycles. The maximum absolute atomic E-state index is 3.84. The maximum atomic E-state index is 3.84. The highest BCUT2D eigenvalue weighted by atomic mass is 127. The predicted octanol–water partition coefficient (Wildman–Crippen LogP) is 5.08. The van der Waals surface area contributed by atoms with Gasteiger partial charge in [0.1, 0.15) is 0 Å². The summed E-state index contributed by atoms with van der Waals surface area (Å²) in [6.07, 6.45) is 11.3. The minimum Gasteiger partial charge on any atom is -0.102 e. The molecular weight excluding hydrogens is 295 g/mol. The second-order valence-electron chi connectivity index (χ2n) is 4.04. The van der Waals surface area contributed by atoms with E-state index in [2.05, 4.69) is 68.7 Å². The lowest BCUT2D eigenvalue weighted by Crippen LogP contribution is -2.09. The minimum absolute atomic E-state index is 0.168. The topological polar surface area (TPSA) is 0 Å². The lowest BCUT2D eigenvalue weighted by molar-refractivity contribution is 0.804. The van der Waals surface area contributed by atoms with Crippen LogP contribution in [0.2, 0.25) is 0 Å². The van der Waals surface area contributed by atoms with Crippen LogP contribution in [-0.2, 0) is 0 Å². The van der Waals surface area contributed by atoms with E-state index in [9.17, 15) is 0 Å². The summed E-state index contributed by atoms with van der Waals surface area (Å²) >= 11 is 2.43. The molecule has 15 heavy (non-hydrogen) atoms. The molecule has 0 fully saturated rings. The first-order valence-electron chi connectivity index (χ1n) is 5.21. The summed E-state index contributed by atoms with van der Waals surface area (Å²) < 4.78 is 0.168. The van der Waals surface area contributed by atoms with E-state index in [-0.39, 0.29) is 3.42 Å². The van der Waals surface area contributed by atoms with Crippen molar-refractivity contribution in [1.29, 1.82) is 0 Å². The molecule has 0 saturated carbocycles. The van der Waals surface area contributed by atoms with Gasteiger partial charge in [0.2, 0.25) is 0 Å². The molecule has 84 valence electrons. The van der Waals surface area contributed by atoms with E-state index >= 15 is 0 Å². The van der Waals surface area contributed by atoms with Gasteiger partial charge >= 0.3 is 0 Å². The molecule has 0 aromatic rings. The zero-order valence-electron chi connectivity index (χ0n) is 9.96. The summed E-state index contributed by atoms with van der Waals surface area (Å²) in [5, 5.41) is 0. The van der Waals surface area contributed by atoms with Crippen LogP contribution in [0.15, 0.2) is 49.1 Å². The number of allylic oxidation sites excluding steroid dienone is 6. The first-order chi connectivity index (χ1) is 6.93. The van der Waals surface area contributed by atoms with Crippen LogP contribution >= 0.6 is 22.6 Å². The number of halogens is 1. The monoisotopic (exact) mass is 316 g/mol. The Morgan fingerprint density at radius 3 is 2.53 bits per heavy atom. The van der Waals surface area contributed by atoms with Gasteiger partial charge in [-0.2, -0.15) is 0 Å². The molecule has 0 aromatic carbocycles. The van der Waals surface area contributed by atoms with Gasteiger partial charge in [0, 0.05) is 3.42 Å². The Bertz CT molecular complexity index is 269. The van der Waals surface area contributed by atoms with Crippen molar-refractivity contribution in [1.82, 2.24) is 0 Å². The fourth-order valence-electron chi connectivity index (χ4n) is 1.03. The van der Waals surface area contributed by atoms with E-state index in [0.717, 1.165) is 6.42 Å². The third-order valence-corrected chi connectivity index (χ3v) is 3.38. The van der Waals surface area contributed by atoms with Crippen molar-refractivity contribution in [3.63, 3.8) is 0 Å². The Labute approximate surface area is 108 Å². The van der Waals surface area contributed by atoms with Gasteiger partial charge in [-0.25, -0.2) is 0 Å². The molecule has 0 N–H and O–H groups in total. The van der Waals surface area contributed by atoms with E-state index in [0.29, 0.717) is 5.92 Å². The van der Waals surface area contributed by atoms with Gasteiger partial charge in [-0.05, 0) is 26.2 Å². The maximum Gasteiger partial charge on any atom is 0.0404 e. The Morgan fingerprint density at radius 2 is 2.07 bits per heavy atom. The molecule has 0 spiro atoms. The number of hydrogen-bond donors (Lipinski definition) is 0. The molecule has 0 aliphatic rings. The van der Waals surface area contributed by atoms with Crippen molar-refractivity contribution >= 4 is 22.6 Å². The van der Waals surface area contributed by atoms with Crippen molar-refractivity contribution in [3.05, 3.63) is 49.1 Å². The average molecular weight is 316 g/mol. The van der Waals surface area contributed by atoms with Gasteiger partial charge in [-0.15, -0.1) is 6.58 Å². The number of alkyl halides is 1. The molecule has 2 unspecified atom stereocenters. The summed E-state index contributed by atoms with van der Waals surface area (Å²) in [5.41, 5.74) is 1.40. The van der Waals surface area contributed by atoms with Gasteiger partial charge in [0.25, 0.3) is 0 Å². The molecule has 0 aromatic heterocycles. The van der Waals surface area contributed by atoms with Crippen LogP contribution in [0.1, 0.15) is 27.2 Å². The first kappa shape index (κ1) is 14.7. The van der Waals surface area contributed by atoms with Crippen LogP contribution in [-0.4, -0.2) is 3.42 Å². The molecule has 0 nitrogen and oxygen atoms in total. The van der Waals surface area contributed by atoms with Crippen molar-refractivity contribution in [2.75, 3.05) is 0 Å². The largest absolute Gasteiger partial charge is 0.102 e. The number of rotatable bonds is 6. The third-order valence-electron chi connectivity index (χ3n) is 2.50. The SMILES string of the molecule is C=C/C=C\C(C)/C(C)=C/CC(C)(I)C=C. The fraction of sp³-hybridized carbons (Fsp3) is 0.429. The molecule has 0 amide bonds. The van der Waals surface area contributed by atoms with Gasteiger partial charge in [-0.1, -0.05) is 72.0 Å². The molecular formula is C14H21I. The summed E-state index contributed by atoms with van der Waals surface area (Å²) in [6, 6.07) is 0. The molecule has 0 rings (SSSR count). The Kier molecular flexibility index (Phi) is 6.90. The Morgan fingerprint density at radius 1 is 1.47 bits per heavy atom. The highest BCUT2D eigenvalue weighted by Gasteiger charge is 2.13. The molecule has 2 atom stereocenters. The van der Waals surface area contributed by atoms with Gasteiger partial charge in [0.05, 0.1) is 0 Å². The lowest BCUT2D eigenvalue weighted by Gasteiger charge is -2.16. The van der Waals surface area contributed by atoms with Crippen molar-refractivity contribution in [3.8, 4) is 0 Å². The molecule has 1 heteroatoms. The second-order valence-corrected chi connectivity index (χ2v) is 6.51. The zero-order valence-corrected chi connectivity index (χ0v) is 12.1. The molecule has 0 saturated heterocycles. The van der Waals surface area contributed by atoms with Crippen LogP contribution in [0.3, 0.4) is 0 Å². The van der Waals surface area contributed by atoms with Gasteiger partial charge in [-0.3, -0.25) is 0 Å². The van der Waals surface area contributed by atoms with Gasteiger partial charge in [0.15, 0.2) is 0 Å². The van der Waals surface area contributed by atoms with Crippen LogP contribution in [0.25, 0.3) is 0 Å². The lowest BCUT2D eigenvalue weighted by atomic mass is 9.98. The summed E-state index contributed by atoms with van der Waals surface area (Å²) in [7, 11) is 0. The molecule has 0 heterocycles. The van der Waals surface area contributed by atoms with Gasteiger partial charge < -0.3 is 0 Å². The average Bonchev–Trinajstić information content (AvgIpc) is 2.22. The van der Waals surface area contributed by atoms with E-state index in [1.165, 1.54) is 5.57 Å². The molecule has 0 bridgehead atoms. The highest BCUT2D eigenvalue weighted by Crippen LogP contribution is 2.25. The zero-order chi connectivity index (χ0) is 11.9. The Hall–Kier alpha value is -0.310. The molecule has 0 aliphatic heterocycles. The van der Waals surface area contributed by atoms with Crippen molar-refractivity contribution < 1.29 is 0 Å². The van der Waals surface area contributed by atoms with Crippen LogP contribution in [0, 0.1) is 5.92 Å². The van der Waals surface area contributed by atoms with Crippen LogP contribution in [0.5, 0.6) is 0 Å². The summed E-state index contributed by atoms with van der Waals surface area (Å²) in [6.45, 7) is 14.1. The van der Waals surface area contributed by atoms with E-state index < -0.39 is 0 Å². The fourth-order valence-corrected chi connectivity index (χ4v) is 1.25. The van der Waals surface area contributed by atoms with E-state index in [4.69, 9.17) is 0 Å². The van der Waals surface area contributed by atoms with E-state index in [1.807, 2.05) is 18.2 Å². The predicted molar refractivity (Wildman–Crippen MR) is 79.5 cm³/mol. The second kappa shape index (κ2) is 7.04. The normalized spacial score (nSPS) is 18.5. The smallest absolute Gasteiger partial charge is 0.0404 e. The summed E-state index contributed by atoms with van der Waals surface area (Å²) in [4.78, 5) is 0. The summed E-state index contributed by atoms with van der Waals surface area (Å²) in [5.74, 6) is 0.486. The quantitative estimate of drug-likeness (QED) is 0.277. The Balaban J connectivity index is 4.37. The first-order valence-corrected chi connectivity index (χ1v) is 6.29. The third kappa shape index (κ3) is 6.72. The standard InChI is InChI=1S/C14H21I/c1-6-8-9-12(3)13(4)10-11-14(5,15)7-2/h6-10,12H,1-2,11H2,3-5H3/b9-8-,13-10+. The number of hydrogen-bond acceptors (Lipinski definition) is 0. The van der Waals surface area contributed by atoms with Crippen LogP contribution < -0.4 is 0 Å². The van der Waals surface area contributed by atoms with Crippen LogP contribution in [0.4, 0.5) is 0 Å². The van der Waals surface area contributed by atoms with Crippen molar-refractivity contribution in [2.45, 2.75) is 30.6 Å².